The summed E-state index contributed by atoms with van der Waals surface area (Å²) < 4.78 is 5.17. The van der Waals surface area contributed by atoms with Gasteiger partial charge in [-0.25, -0.2) is 4.79 Å². The van der Waals surface area contributed by atoms with Gasteiger partial charge in [0.05, 0.1) is 5.39 Å². The van der Waals surface area contributed by atoms with Crippen molar-refractivity contribution in [2.75, 3.05) is 0 Å². The highest BCUT2D eigenvalue weighted by Gasteiger charge is 2.16. The van der Waals surface area contributed by atoms with Gasteiger partial charge in [-0.05, 0) is 12.1 Å². The van der Waals surface area contributed by atoms with E-state index in [-0.39, 0.29) is 5.56 Å². The second kappa shape index (κ2) is 4.00. The van der Waals surface area contributed by atoms with E-state index in [4.69, 9.17) is 9.63 Å². The molecule has 0 atom stereocenters. The van der Waals surface area contributed by atoms with Crippen molar-refractivity contribution in [3.05, 3.63) is 54.1 Å². The molecule has 1 aromatic heterocycles. The predicted molar refractivity (Wildman–Crippen MR) is 66.4 cm³/mol. The minimum Gasteiger partial charge on any atom is -0.478 e. The third-order valence-corrected chi connectivity index (χ3v) is 2.78. The molecule has 0 saturated carbocycles. The topological polar surface area (TPSA) is 63.3 Å². The molecule has 3 rings (SSSR count). The smallest absolute Gasteiger partial charge is 0.339 e. The van der Waals surface area contributed by atoms with E-state index in [1.54, 1.807) is 12.1 Å². The fourth-order valence-electron chi connectivity index (χ4n) is 1.93. The maximum atomic E-state index is 11.1. The number of aromatic carboxylic acids is 1. The molecular formula is C14H9NO3. The molecule has 18 heavy (non-hydrogen) atoms. The zero-order chi connectivity index (χ0) is 12.5. The van der Waals surface area contributed by atoms with E-state index in [0.29, 0.717) is 16.7 Å². The first-order chi connectivity index (χ1) is 8.77. The Balaban J connectivity index is 2.28. The number of fused-ring (bicyclic) bond motifs is 1. The van der Waals surface area contributed by atoms with Crippen LogP contribution in [0.15, 0.2) is 53.1 Å². The lowest BCUT2D eigenvalue weighted by atomic mass is 10.1. The van der Waals surface area contributed by atoms with Gasteiger partial charge in [0.15, 0.2) is 5.58 Å². The summed E-state index contributed by atoms with van der Waals surface area (Å²) in [6, 6.07) is 14.5. The molecule has 0 bridgehead atoms. The Kier molecular flexibility index (Phi) is 2.34. The molecule has 4 heteroatoms. The number of benzene rings is 2. The van der Waals surface area contributed by atoms with Crippen LogP contribution in [0.3, 0.4) is 0 Å². The van der Waals surface area contributed by atoms with Crippen LogP contribution in [-0.4, -0.2) is 16.2 Å². The molecule has 0 amide bonds. The maximum absolute atomic E-state index is 11.1. The lowest BCUT2D eigenvalue weighted by Crippen LogP contribution is -1.95. The van der Waals surface area contributed by atoms with Crippen LogP contribution in [0.25, 0.3) is 22.2 Å². The number of carbonyl (C=O) groups is 1. The minimum absolute atomic E-state index is 0.127. The van der Waals surface area contributed by atoms with Crippen LogP contribution in [0.2, 0.25) is 0 Å². The molecule has 4 nitrogen and oxygen atoms in total. The summed E-state index contributed by atoms with van der Waals surface area (Å²) >= 11 is 0. The van der Waals surface area contributed by atoms with E-state index < -0.39 is 5.97 Å². The summed E-state index contributed by atoms with van der Waals surface area (Å²) in [6.45, 7) is 0. The van der Waals surface area contributed by atoms with Crippen molar-refractivity contribution < 1.29 is 14.4 Å². The SMILES string of the molecule is O=C(O)c1cccc2c(-c3ccccc3)noc12. The summed E-state index contributed by atoms with van der Waals surface area (Å²) in [5.41, 5.74) is 2.00. The number of hydrogen-bond acceptors (Lipinski definition) is 3. The highest BCUT2D eigenvalue weighted by Crippen LogP contribution is 2.29. The second-order valence-corrected chi connectivity index (χ2v) is 3.88. The molecule has 0 fully saturated rings. The normalized spacial score (nSPS) is 10.7. The van der Waals surface area contributed by atoms with Crippen LogP contribution in [0.4, 0.5) is 0 Å². The fourth-order valence-corrected chi connectivity index (χ4v) is 1.93. The van der Waals surface area contributed by atoms with Crippen molar-refractivity contribution in [3.8, 4) is 11.3 Å². The molecule has 0 saturated heterocycles. The molecule has 2 aromatic carbocycles. The number of carboxylic acids is 1. The highest BCUT2D eigenvalue weighted by atomic mass is 16.5. The number of hydrogen-bond donors (Lipinski definition) is 1. The van der Waals surface area contributed by atoms with E-state index in [2.05, 4.69) is 5.16 Å². The van der Waals surface area contributed by atoms with Crippen LogP contribution in [-0.2, 0) is 0 Å². The molecule has 1 heterocycles. The van der Waals surface area contributed by atoms with Gasteiger partial charge >= 0.3 is 5.97 Å². The van der Waals surface area contributed by atoms with Gasteiger partial charge in [-0.1, -0.05) is 41.6 Å². The number of rotatable bonds is 2. The summed E-state index contributed by atoms with van der Waals surface area (Å²) in [7, 11) is 0. The summed E-state index contributed by atoms with van der Waals surface area (Å²) in [5, 5.41) is 13.8. The number of para-hydroxylation sites is 1. The molecule has 0 aliphatic heterocycles. The van der Waals surface area contributed by atoms with Crippen LogP contribution in [0.1, 0.15) is 10.4 Å². The molecule has 0 radical (unpaired) electrons. The van der Waals surface area contributed by atoms with Crippen LogP contribution < -0.4 is 0 Å². The largest absolute Gasteiger partial charge is 0.478 e. The van der Waals surface area contributed by atoms with Crippen molar-refractivity contribution in [1.82, 2.24) is 5.16 Å². The Morgan fingerprint density at radius 2 is 1.83 bits per heavy atom. The van der Waals surface area contributed by atoms with Gasteiger partial charge in [-0.3, -0.25) is 0 Å². The Labute approximate surface area is 102 Å². The molecule has 0 aliphatic carbocycles. The Morgan fingerprint density at radius 1 is 1.06 bits per heavy atom. The Bertz CT molecular complexity index is 716. The molecule has 88 valence electrons. The lowest BCUT2D eigenvalue weighted by Gasteiger charge is -1.96. The average Bonchev–Trinajstić information content (AvgIpc) is 2.83. The van der Waals surface area contributed by atoms with Crippen LogP contribution >= 0.6 is 0 Å². The van der Waals surface area contributed by atoms with Gasteiger partial charge < -0.3 is 9.63 Å². The zero-order valence-corrected chi connectivity index (χ0v) is 9.33. The summed E-state index contributed by atoms with van der Waals surface area (Å²) in [5.74, 6) is -1.02. The lowest BCUT2D eigenvalue weighted by molar-refractivity contribution is 0.0697. The van der Waals surface area contributed by atoms with Gasteiger partial charge in [-0.2, -0.15) is 0 Å². The van der Waals surface area contributed by atoms with Crippen molar-refractivity contribution in [2.24, 2.45) is 0 Å². The van der Waals surface area contributed by atoms with Crippen molar-refractivity contribution in [2.45, 2.75) is 0 Å². The third kappa shape index (κ3) is 1.55. The Hall–Kier alpha value is -2.62. The van der Waals surface area contributed by atoms with Crippen LogP contribution in [0.5, 0.6) is 0 Å². The van der Waals surface area contributed by atoms with Gasteiger partial charge in [-0.15, -0.1) is 0 Å². The monoisotopic (exact) mass is 239 g/mol. The van der Waals surface area contributed by atoms with Gasteiger partial charge in [0.1, 0.15) is 11.3 Å². The van der Waals surface area contributed by atoms with Crippen LogP contribution in [0, 0.1) is 0 Å². The predicted octanol–water partition coefficient (Wildman–Crippen LogP) is 3.19. The summed E-state index contributed by atoms with van der Waals surface area (Å²) in [6.07, 6.45) is 0. The first-order valence-corrected chi connectivity index (χ1v) is 5.44. The second-order valence-electron chi connectivity index (χ2n) is 3.88. The molecule has 0 aliphatic rings. The molecule has 0 spiro atoms. The molecule has 0 unspecified atom stereocenters. The van der Waals surface area contributed by atoms with Crippen molar-refractivity contribution in [1.29, 1.82) is 0 Å². The average molecular weight is 239 g/mol. The molecule has 1 N–H and O–H groups in total. The van der Waals surface area contributed by atoms with Gasteiger partial charge in [0.25, 0.3) is 0 Å². The van der Waals surface area contributed by atoms with Gasteiger partial charge in [0.2, 0.25) is 0 Å². The standard InChI is InChI=1S/C14H9NO3/c16-14(17)11-8-4-7-10-12(15-18-13(10)11)9-5-2-1-3-6-9/h1-8H,(H,16,17). The van der Waals surface area contributed by atoms with E-state index in [1.807, 2.05) is 30.3 Å². The van der Waals surface area contributed by atoms with E-state index >= 15 is 0 Å². The number of aromatic nitrogens is 1. The van der Waals surface area contributed by atoms with E-state index in [9.17, 15) is 4.79 Å². The minimum atomic E-state index is -1.02. The number of carboxylic acid groups (broad SMARTS) is 1. The fraction of sp³-hybridized carbons (Fsp3) is 0. The van der Waals surface area contributed by atoms with E-state index in [0.717, 1.165) is 5.56 Å². The maximum Gasteiger partial charge on any atom is 0.339 e. The third-order valence-electron chi connectivity index (χ3n) is 2.78. The Morgan fingerprint density at radius 3 is 2.56 bits per heavy atom. The summed E-state index contributed by atoms with van der Waals surface area (Å²) in [4.78, 5) is 11.1. The van der Waals surface area contributed by atoms with Crippen molar-refractivity contribution in [3.63, 3.8) is 0 Å². The van der Waals surface area contributed by atoms with Crippen molar-refractivity contribution >= 4 is 16.9 Å². The number of nitrogens with zero attached hydrogens (tertiary/aromatic N) is 1. The molecule has 3 aromatic rings. The van der Waals surface area contributed by atoms with E-state index in [1.165, 1.54) is 6.07 Å². The van der Waals surface area contributed by atoms with Gasteiger partial charge in [0, 0.05) is 5.56 Å². The molecular weight excluding hydrogens is 230 g/mol. The zero-order valence-electron chi connectivity index (χ0n) is 9.33. The quantitative estimate of drug-likeness (QED) is 0.745. The highest BCUT2D eigenvalue weighted by molar-refractivity contribution is 6.04. The first kappa shape index (κ1) is 10.5. The first-order valence-electron chi connectivity index (χ1n) is 5.44.